The van der Waals surface area contributed by atoms with E-state index in [1.807, 2.05) is 30.3 Å². The van der Waals surface area contributed by atoms with Gasteiger partial charge in [0.15, 0.2) is 5.79 Å². The Balaban J connectivity index is 1.27. The fourth-order valence-corrected chi connectivity index (χ4v) is 5.06. The van der Waals surface area contributed by atoms with Crippen LogP contribution in [0.4, 0.5) is 0 Å². The van der Waals surface area contributed by atoms with Gasteiger partial charge in [-0.25, -0.2) is 0 Å². The third-order valence-electron chi connectivity index (χ3n) is 6.09. The lowest BCUT2D eigenvalue weighted by molar-refractivity contribution is -0.152. The lowest BCUT2D eigenvalue weighted by Gasteiger charge is -2.24. The maximum atomic E-state index is 13.1. The molecule has 12 heteroatoms. The second-order valence-corrected chi connectivity index (χ2v) is 9.96. The number of carbonyl (C=O) groups excluding carboxylic acids is 3. The van der Waals surface area contributed by atoms with Crippen LogP contribution >= 0.6 is 11.3 Å². The lowest BCUT2D eigenvalue weighted by Crippen LogP contribution is -2.49. The van der Waals surface area contributed by atoms with E-state index in [2.05, 4.69) is 10.6 Å². The lowest BCUT2D eigenvalue weighted by atomic mass is 10.1. The molecule has 2 aliphatic heterocycles. The number of thiophene rings is 1. The number of carbonyl (C=O) groups is 3. The molecule has 198 valence electrons. The zero-order valence-corrected chi connectivity index (χ0v) is 21.2. The number of amidine groups is 1. The van der Waals surface area contributed by atoms with Crippen LogP contribution in [-0.2, 0) is 30.4 Å². The molecule has 2 fully saturated rings. The van der Waals surface area contributed by atoms with E-state index in [1.54, 1.807) is 12.1 Å². The number of nitrogen functional groups attached to an aromatic ring is 1. The third kappa shape index (κ3) is 7.06. The number of nitrogens with zero attached hydrogens (tertiary/aromatic N) is 1. The van der Waals surface area contributed by atoms with E-state index in [4.69, 9.17) is 25.4 Å². The minimum Gasteiger partial charge on any atom is -0.494 e. The first kappa shape index (κ1) is 26.6. The molecule has 3 amide bonds. The highest BCUT2D eigenvalue weighted by atomic mass is 32.1. The summed E-state index contributed by atoms with van der Waals surface area (Å²) < 4.78 is 17.1. The van der Waals surface area contributed by atoms with Crippen molar-refractivity contribution in [1.82, 2.24) is 15.5 Å². The molecular formula is C25H31N5O6S. The number of amides is 3. The molecule has 5 N–H and O–H groups in total. The fraction of sp³-hybridized carbons (Fsp3) is 0.440. The van der Waals surface area contributed by atoms with Crippen molar-refractivity contribution in [1.29, 1.82) is 5.41 Å². The van der Waals surface area contributed by atoms with Crippen molar-refractivity contribution in [3.8, 4) is 5.75 Å². The van der Waals surface area contributed by atoms with Crippen LogP contribution in [-0.4, -0.2) is 73.2 Å². The maximum Gasteiger partial charge on any atom is 0.243 e. The Labute approximate surface area is 218 Å². The van der Waals surface area contributed by atoms with Gasteiger partial charge in [0.05, 0.1) is 44.3 Å². The summed E-state index contributed by atoms with van der Waals surface area (Å²) in [4.78, 5) is 41.2. The monoisotopic (exact) mass is 529 g/mol. The van der Waals surface area contributed by atoms with Gasteiger partial charge in [0, 0.05) is 17.7 Å². The van der Waals surface area contributed by atoms with Gasteiger partial charge in [0.2, 0.25) is 17.7 Å². The van der Waals surface area contributed by atoms with Crippen molar-refractivity contribution < 1.29 is 28.6 Å². The quantitative estimate of drug-likeness (QED) is 0.192. The molecule has 1 aromatic heterocycles. The molecule has 0 unspecified atom stereocenters. The van der Waals surface area contributed by atoms with Gasteiger partial charge in [0.25, 0.3) is 0 Å². The van der Waals surface area contributed by atoms with E-state index in [0.717, 1.165) is 10.6 Å². The predicted molar refractivity (Wildman–Crippen MR) is 136 cm³/mol. The Kier molecular flexibility index (Phi) is 8.74. The van der Waals surface area contributed by atoms with Gasteiger partial charge < -0.3 is 35.5 Å². The van der Waals surface area contributed by atoms with Crippen molar-refractivity contribution in [2.45, 2.75) is 37.6 Å². The zero-order valence-electron chi connectivity index (χ0n) is 20.4. The van der Waals surface area contributed by atoms with Gasteiger partial charge in [-0.15, -0.1) is 11.3 Å². The summed E-state index contributed by atoms with van der Waals surface area (Å²) in [5, 5.41) is 13.0. The number of para-hydroxylation sites is 1. The first-order chi connectivity index (χ1) is 17.8. The average Bonchev–Trinajstić information content (AvgIpc) is 3.65. The van der Waals surface area contributed by atoms with Crippen molar-refractivity contribution in [3.05, 3.63) is 52.2 Å². The van der Waals surface area contributed by atoms with E-state index in [1.165, 1.54) is 16.2 Å². The van der Waals surface area contributed by atoms with Crippen LogP contribution in [0.3, 0.4) is 0 Å². The summed E-state index contributed by atoms with van der Waals surface area (Å²) in [6, 6.07) is 12.1. The number of rotatable bonds is 11. The molecule has 1 aromatic carbocycles. The Morgan fingerprint density at radius 1 is 1.14 bits per heavy atom. The van der Waals surface area contributed by atoms with Gasteiger partial charge in [-0.2, -0.15) is 0 Å². The second kappa shape index (κ2) is 12.2. The van der Waals surface area contributed by atoms with E-state index >= 15 is 0 Å². The smallest absolute Gasteiger partial charge is 0.243 e. The highest BCUT2D eigenvalue weighted by molar-refractivity contribution is 7.14. The Morgan fingerprint density at radius 3 is 2.59 bits per heavy atom. The summed E-state index contributed by atoms with van der Waals surface area (Å²) in [6.07, 6.45) is 0.921. The van der Waals surface area contributed by atoms with Crippen molar-refractivity contribution in [2.75, 3.05) is 32.9 Å². The molecule has 0 radical (unpaired) electrons. The Bertz CT molecular complexity index is 1120. The number of nitrogens with two attached hydrogens (primary N) is 1. The largest absolute Gasteiger partial charge is 0.494 e. The number of ether oxygens (including phenoxy) is 3. The van der Waals surface area contributed by atoms with Crippen LogP contribution in [0.5, 0.6) is 5.75 Å². The molecule has 37 heavy (non-hydrogen) atoms. The number of nitrogens with one attached hydrogen (secondary N) is 3. The third-order valence-corrected chi connectivity index (χ3v) is 7.21. The number of likely N-dealkylation sites (tertiary alicyclic amines) is 1. The SMILES string of the molecule is N=C(N)c1ccc(CNC(=O)[C@@H]2CC3(CN2C(=O)CNC(=O)CCCOc2ccccc2)OCCO3)s1. The summed E-state index contributed by atoms with van der Waals surface area (Å²) in [5.41, 5.74) is 5.51. The van der Waals surface area contributed by atoms with E-state index in [9.17, 15) is 14.4 Å². The van der Waals surface area contributed by atoms with Crippen molar-refractivity contribution in [3.63, 3.8) is 0 Å². The highest BCUT2D eigenvalue weighted by Gasteiger charge is 2.52. The van der Waals surface area contributed by atoms with E-state index < -0.39 is 11.8 Å². The molecule has 0 aliphatic carbocycles. The fourth-order valence-electron chi connectivity index (χ4n) is 4.25. The minimum atomic E-state index is -1.01. The normalized spacial score (nSPS) is 18.1. The number of hydrogen-bond acceptors (Lipinski definition) is 8. The average molecular weight is 530 g/mol. The first-order valence-electron chi connectivity index (χ1n) is 12.1. The summed E-state index contributed by atoms with van der Waals surface area (Å²) in [5.74, 6) is -1.31. The van der Waals surface area contributed by atoms with Crippen LogP contribution < -0.4 is 21.1 Å². The predicted octanol–water partition coefficient (Wildman–Crippen LogP) is 0.968. The number of hydrogen-bond donors (Lipinski definition) is 4. The molecular weight excluding hydrogens is 498 g/mol. The molecule has 11 nitrogen and oxygen atoms in total. The Morgan fingerprint density at radius 2 is 1.89 bits per heavy atom. The van der Waals surface area contributed by atoms with Gasteiger partial charge in [-0.1, -0.05) is 18.2 Å². The van der Waals surface area contributed by atoms with Crippen LogP contribution in [0.15, 0.2) is 42.5 Å². The molecule has 2 aliphatic rings. The molecule has 1 spiro atoms. The standard InChI is InChI=1S/C25H31N5O6S/c26-23(27)20-9-8-18(37-20)14-29-24(33)19-13-25(35-11-12-36-25)16-30(19)22(32)15-28-21(31)7-4-10-34-17-5-2-1-3-6-17/h1-3,5-6,8-9,19H,4,7,10-16H2,(H3,26,27)(H,28,31)(H,29,33)/t19-/m0/s1. The van der Waals surface area contributed by atoms with Gasteiger partial charge >= 0.3 is 0 Å². The molecule has 1 atom stereocenters. The highest BCUT2D eigenvalue weighted by Crippen LogP contribution is 2.35. The van der Waals surface area contributed by atoms with Gasteiger partial charge in [-0.3, -0.25) is 19.8 Å². The molecule has 0 bridgehead atoms. The van der Waals surface area contributed by atoms with E-state index in [-0.39, 0.29) is 56.0 Å². The molecule has 2 aromatic rings. The van der Waals surface area contributed by atoms with Gasteiger partial charge in [-0.05, 0) is 30.7 Å². The van der Waals surface area contributed by atoms with Crippen molar-refractivity contribution in [2.24, 2.45) is 5.73 Å². The van der Waals surface area contributed by atoms with Crippen LogP contribution in [0, 0.1) is 5.41 Å². The van der Waals surface area contributed by atoms with Crippen LogP contribution in [0.1, 0.15) is 29.0 Å². The van der Waals surface area contributed by atoms with Gasteiger partial charge in [0.1, 0.15) is 17.6 Å². The topological polar surface area (TPSA) is 156 Å². The minimum absolute atomic E-state index is 0.0293. The molecule has 2 saturated heterocycles. The second-order valence-electron chi connectivity index (χ2n) is 8.79. The summed E-state index contributed by atoms with van der Waals surface area (Å²) >= 11 is 1.32. The zero-order chi connectivity index (χ0) is 26.3. The van der Waals surface area contributed by atoms with Crippen LogP contribution in [0.2, 0.25) is 0 Å². The van der Waals surface area contributed by atoms with Crippen molar-refractivity contribution >= 4 is 34.9 Å². The summed E-state index contributed by atoms with van der Waals surface area (Å²) in [6.45, 7) is 1.28. The Hall–Kier alpha value is -3.48. The molecule has 4 rings (SSSR count). The number of benzene rings is 1. The molecule has 3 heterocycles. The summed E-state index contributed by atoms with van der Waals surface area (Å²) in [7, 11) is 0. The molecule has 0 saturated carbocycles. The first-order valence-corrected chi connectivity index (χ1v) is 12.9. The van der Waals surface area contributed by atoms with Crippen LogP contribution in [0.25, 0.3) is 0 Å². The maximum absolute atomic E-state index is 13.1. The van der Waals surface area contributed by atoms with E-state index in [0.29, 0.717) is 31.1 Å².